The minimum absolute atomic E-state index is 0. The van der Waals surface area contributed by atoms with Crippen molar-refractivity contribution >= 4 is 33.8 Å². The number of hydrogen-bond acceptors (Lipinski definition) is 3. The molecule has 0 bridgehead atoms. The molecule has 0 saturated heterocycles. The van der Waals surface area contributed by atoms with E-state index in [4.69, 9.17) is 0 Å². The summed E-state index contributed by atoms with van der Waals surface area (Å²) in [4.78, 5) is 2.18. The van der Waals surface area contributed by atoms with Crippen molar-refractivity contribution in [2.75, 3.05) is 13.2 Å². The SMILES string of the molecule is Cl.OCCN(Cc1ccccc1)Cc1csc2ccc(F)cc12. The van der Waals surface area contributed by atoms with E-state index in [-0.39, 0.29) is 24.8 Å². The molecule has 0 saturated carbocycles. The summed E-state index contributed by atoms with van der Waals surface area (Å²) in [5, 5.41) is 12.4. The third-order valence-corrected chi connectivity index (χ3v) is 4.69. The minimum atomic E-state index is -0.205. The molecule has 122 valence electrons. The van der Waals surface area contributed by atoms with Crippen LogP contribution in [0.2, 0.25) is 0 Å². The molecule has 1 N–H and O–H groups in total. The Bertz CT molecular complexity index is 747. The van der Waals surface area contributed by atoms with Gasteiger partial charge in [-0.05, 0) is 40.1 Å². The second kappa shape index (κ2) is 8.41. The summed E-state index contributed by atoms with van der Waals surface area (Å²) in [5.74, 6) is -0.205. The number of halogens is 2. The lowest BCUT2D eigenvalue weighted by atomic mass is 10.1. The van der Waals surface area contributed by atoms with Crippen molar-refractivity contribution in [2.45, 2.75) is 13.1 Å². The molecule has 0 atom stereocenters. The van der Waals surface area contributed by atoms with Crippen molar-refractivity contribution in [1.82, 2.24) is 4.90 Å². The quantitative estimate of drug-likeness (QED) is 0.709. The molecular formula is C18H19ClFNOS. The molecule has 1 aromatic heterocycles. The molecule has 0 radical (unpaired) electrons. The average Bonchev–Trinajstić information content (AvgIpc) is 2.91. The third-order valence-electron chi connectivity index (χ3n) is 3.67. The Balaban J connectivity index is 0.00000192. The zero-order valence-corrected chi connectivity index (χ0v) is 14.2. The second-order valence-corrected chi connectivity index (χ2v) is 6.23. The Morgan fingerprint density at radius 3 is 2.57 bits per heavy atom. The van der Waals surface area contributed by atoms with E-state index in [2.05, 4.69) is 22.4 Å². The van der Waals surface area contributed by atoms with Crippen molar-refractivity contribution in [3.05, 3.63) is 70.9 Å². The number of hydrogen-bond donors (Lipinski definition) is 1. The molecule has 0 aliphatic carbocycles. The summed E-state index contributed by atoms with van der Waals surface area (Å²) in [6.45, 7) is 2.19. The smallest absolute Gasteiger partial charge is 0.123 e. The van der Waals surface area contributed by atoms with Crippen molar-refractivity contribution in [3.8, 4) is 0 Å². The molecule has 2 aromatic carbocycles. The number of thiophene rings is 1. The van der Waals surface area contributed by atoms with Gasteiger partial charge in [-0.3, -0.25) is 4.90 Å². The van der Waals surface area contributed by atoms with E-state index in [0.29, 0.717) is 13.1 Å². The van der Waals surface area contributed by atoms with Gasteiger partial charge in [0.05, 0.1) is 6.61 Å². The molecule has 0 aliphatic heterocycles. The number of nitrogens with zero attached hydrogens (tertiary/aromatic N) is 1. The predicted octanol–water partition coefficient (Wildman–Crippen LogP) is 4.46. The van der Waals surface area contributed by atoms with Crippen LogP contribution in [-0.2, 0) is 13.1 Å². The maximum atomic E-state index is 13.5. The number of rotatable bonds is 6. The van der Waals surface area contributed by atoms with Gasteiger partial charge in [0.25, 0.3) is 0 Å². The van der Waals surface area contributed by atoms with Crippen LogP contribution in [0.1, 0.15) is 11.1 Å². The van der Waals surface area contributed by atoms with Gasteiger partial charge in [-0.1, -0.05) is 30.3 Å². The molecule has 23 heavy (non-hydrogen) atoms. The first-order valence-corrected chi connectivity index (χ1v) is 8.17. The Kier molecular flexibility index (Phi) is 6.54. The molecule has 0 unspecified atom stereocenters. The number of aliphatic hydroxyl groups excluding tert-OH is 1. The fourth-order valence-electron chi connectivity index (χ4n) is 2.61. The van der Waals surface area contributed by atoms with Gasteiger partial charge in [-0.25, -0.2) is 4.39 Å². The first kappa shape index (κ1) is 17.9. The number of benzene rings is 2. The van der Waals surface area contributed by atoms with Gasteiger partial charge < -0.3 is 5.11 Å². The summed E-state index contributed by atoms with van der Waals surface area (Å²) < 4.78 is 14.6. The summed E-state index contributed by atoms with van der Waals surface area (Å²) in [7, 11) is 0. The van der Waals surface area contributed by atoms with E-state index in [1.165, 1.54) is 11.6 Å². The Morgan fingerprint density at radius 1 is 1.04 bits per heavy atom. The van der Waals surface area contributed by atoms with Gasteiger partial charge in [0.15, 0.2) is 0 Å². The molecule has 3 rings (SSSR count). The summed E-state index contributed by atoms with van der Waals surface area (Å²) in [5.41, 5.74) is 2.32. The molecule has 0 spiro atoms. The highest BCUT2D eigenvalue weighted by molar-refractivity contribution is 7.17. The second-order valence-electron chi connectivity index (χ2n) is 5.32. The maximum Gasteiger partial charge on any atom is 0.123 e. The molecule has 0 aliphatic rings. The van der Waals surface area contributed by atoms with Gasteiger partial charge in [-0.15, -0.1) is 23.7 Å². The molecule has 1 heterocycles. The first-order valence-electron chi connectivity index (χ1n) is 7.29. The van der Waals surface area contributed by atoms with E-state index < -0.39 is 0 Å². The number of aliphatic hydroxyl groups is 1. The fourth-order valence-corrected chi connectivity index (χ4v) is 3.55. The van der Waals surface area contributed by atoms with Gasteiger partial charge in [0.1, 0.15) is 5.82 Å². The minimum Gasteiger partial charge on any atom is -0.395 e. The van der Waals surface area contributed by atoms with Crippen LogP contribution in [0.5, 0.6) is 0 Å². The maximum absolute atomic E-state index is 13.5. The van der Waals surface area contributed by atoms with E-state index >= 15 is 0 Å². The van der Waals surface area contributed by atoms with Crippen LogP contribution in [0.3, 0.4) is 0 Å². The van der Waals surface area contributed by atoms with Crippen LogP contribution >= 0.6 is 23.7 Å². The Hall–Kier alpha value is -1.46. The van der Waals surface area contributed by atoms with E-state index in [1.54, 1.807) is 17.4 Å². The standard InChI is InChI=1S/C18H18FNOS.ClH/c19-16-6-7-18-17(10-16)15(13-22-18)12-20(8-9-21)11-14-4-2-1-3-5-14;/h1-7,10,13,21H,8-9,11-12H2;1H. The topological polar surface area (TPSA) is 23.5 Å². The van der Waals surface area contributed by atoms with Gasteiger partial charge in [0, 0.05) is 24.3 Å². The van der Waals surface area contributed by atoms with Crippen molar-refractivity contribution in [3.63, 3.8) is 0 Å². The van der Waals surface area contributed by atoms with Gasteiger partial charge >= 0.3 is 0 Å². The van der Waals surface area contributed by atoms with Crippen molar-refractivity contribution in [1.29, 1.82) is 0 Å². The van der Waals surface area contributed by atoms with Crippen molar-refractivity contribution < 1.29 is 9.50 Å². The van der Waals surface area contributed by atoms with E-state index in [9.17, 15) is 9.50 Å². The lowest BCUT2D eigenvalue weighted by Crippen LogP contribution is -2.25. The zero-order chi connectivity index (χ0) is 15.4. The Morgan fingerprint density at radius 2 is 1.83 bits per heavy atom. The fraction of sp³-hybridized carbons (Fsp3) is 0.222. The van der Waals surface area contributed by atoms with E-state index in [1.807, 2.05) is 24.3 Å². The van der Waals surface area contributed by atoms with Crippen LogP contribution < -0.4 is 0 Å². The number of fused-ring (bicyclic) bond motifs is 1. The average molecular weight is 352 g/mol. The predicted molar refractivity (Wildman–Crippen MR) is 96.7 cm³/mol. The first-order chi connectivity index (χ1) is 10.8. The van der Waals surface area contributed by atoms with Crippen LogP contribution in [0.4, 0.5) is 4.39 Å². The highest BCUT2D eigenvalue weighted by Gasteiger charge is 2.11. The largest absolute Gasteiger partial charge is 0.395 e. The highest BCUT2D eigenvalue weighted by atomic mass is 35.5. The van der Waals surface area contributed by atoms with Crippen LogP contribution in [-0.4, -0.2) is 23.2 Å². The lowest BCUT2D eigenvalue weighted by molar-refractivity contribution is 0.185. The summed E-state index contributed by atoms with van der Waals surface area (Å²) in [6, 6.07) is 15.1. The summed E-state index contributed by atoms with van der Waals surface area (Å²) >= 11 is 1.63. The summed E-state index contributed by atoms with van der Waals surface area (Å²) in [6.07, 6.45) is 0. The van der Waals surface area contributed by atoms with Crippen LogP contribution in [0.15, 0.2) is 53.9 Å². The molecule has 0 fully saturated rings. The molecule has 2 nitrogen and oxygen atoms in total. The monoisotopic (exact) mass is 351 g/mol. The van der Waals surface area contributed by atoms with Gasteiger partial charge in [-0.2, -0.15) is 0 Å². The molecule has 3 aromatic rings. The third kappa shape index (κ3) is 4.52. The van der Waals surface area contributed by atoms with Crippen LogP contribution in [0.25, 0.3) is 10.1 Å². The van der Waals surface area contributed by atoms with Gasteiger partial charge in [0.2, 0.25) is 0 Å². The zero-order valence-electron chi connectivity index (χ0n) is 12.6. The molecule has 5 heteroatoms. The molecular weight excluding hydrogens is 333 g/mol. The van der Waals surface area contributed by atoms with Crippen molar-refractivity contribution in [2.24, 2.45) is 0 Å². The lowest BCUT2D eigenvalue weighted by Gasteiger charge is -2.21. The van der Waals surface area contributed by atoms with E-state index in [0.717, 1.165) is 22.2 Å². The highest BCUT2D eigenvalue weighted by Crippen LogP contribution is 2.28. The normalized spacial score (nSPS) is 10.9. The molecule has 0 amide bonds. The Labute approximate surface area is 145 Å². The van der Waals surface area contributed by atoms with Crippen LogP contribution in [0, 0.1) is 5.82 Å².